The molecule has 3 N–H and O–H groups in total. The number of anilines is 1. The third-order valence-electron chi connectivity index (χ3n) is 6.01. The van der Waals surface area contributed by atoms with Crippen molar-refractivity contribution in [1.82, 2.24) is 20.4 Å². The molecule has 2 aromatic heterocycles. The molecule has 0 bridgehead atoms. The second kappa shape index (κ2) is 13.2. The number of aliphatic hydroxyl groups excluding tert-OH is 1. The number of carbonyl (C=O) groups is 1. The standard InChI is InChI=1S/C28H31N5O5S/c1-20(34)4-2-6-27-31-28(32-38-27)22-9-13-25(14-10-22)39(36,37)33-24-11-7-21(8-12-24)15-17-30-19-26(35)23-5-3-16-29-18-23/h3,5,7-14,16,18,26,30,33,35H,2,4,6,15,17,19H2,1H3/t26-/m0/s1. The predicted octanol–water partition coefficient (Wildman–Crippen LogP) is 3.71. The summed E-state index contributed by atoms with van der Waals surface area (Å²) in [5, 5.41) is 17.4. The number of sulfonamides is 1. The summed E-state index contributed by atoms with van der Waals surface area (Å²) >= 11 is 0. The van der Waals surface area contributed by atoms with Gasteiger partial charge >= 0.3 is 0 Å². The number of pyridine rings is 1. The molecule has 0 aliphatic heterocycles. The number of rotatable bonds is 14. The second-order valence-corrected chi connectivity index (χ2v) is 10.8. The molecule has 4 aromatic rings. The van der Waals surface area contributed by atoms with Crippen molar-refractivity contribution in [1.29, 1.82) is 0 Å². The Morgan fingerprint density at radius 1 is 1.05 bits per heavy atom. The highest BCUT2D eigenvalue weighted by Crippen LogP contribution is 2.22. The van der Waals surface area contributed by atoms with E-state index in [-0.39, 0.29) is 10.7 Å². The fourth-order valence-corrected chi connectivity index (χ4v) is 4.92. The maximum atomic E-state index is 12.9. The Morgan fingerprint density at radius 3 is 2.51 bits per heavy atom. The molecule has 4 rings (SSSR count). The van der Waals surface area contributed by atoms with E-state index in [1.165, 1.54) is 12.1 Å². The minimum absolute atomic E-state index is 0.108. The van der Waals surface area contributed by atoms with Crippen LogP contribution in [0.3, 0.4) is 0 Å². The van der Waals surface area contributed by atoms with Gasteiger partial charge < -0.3 is 19.7 Å². The quantitative estimate of drug-likeness (QED) is 0.200. The van der Waals surface area contributed by atoms with E-state index in [4.69, 9.17) is 4.52 Å². The summed E-state index contributed by atoms with van der Waals surface area (Å²) in [6.07, 6.45) is 5.00. The van der Waals surface area contributed by atoms with Gasteiger partial charge in [0, 0.05) is 48.6 Å². The smallest absolute Gasteiger partial charge is 0.261 e. The molecule has 0 saturated heterocycles. The topological polar surface area (TPSA) is 147 Å². The average molecular weight is 550 g/mol. The first-order chi connectivity index (χ1) is 18.8. The molecular weight excluding hydrogens is 518 g/mol. The van der Waals surface area contributed by atoms with Crippen LogP contribution < -0.4 is 10.0 Å². The Bertz CT molecular complexity index is 1460. The summed E-state index contributed by atoms with van der Waals surface area (Å²) in [5.41, 5.74) is 2.88. The van der Waals surface area contributed by atoms with Gasteiger partial charge in [-0.05, 0) is 74.3 Å². The first-order valence-corrected chi connectivity index (χ1v) is 14.1. The lowest BCUT2D eigenvalue weighted by Gasteiger charge is -2.12. The normalized spacial score (nSPS) is 12.3. The van der Waals surface area contributed by atoms with E-state index in [1.807, 2.05) is 18.2 Å². The molecule has 204 valence electrons. The van der Waals surface area contributed by atoms with Gasteiger partial charge in [0.15, 0.2) is 0 Å². The SMILES string of the molecule is CC(=O)CCCc1nc(-c2ccc(S(=O)(=O)Nc3ccc(CCNC[C@H](O)c4cccnc4)cc3)cc2)no1. The van der Waals surface area contributed by atoms with Crippen LogP contribution in [0.15, 0.2) is 82.5 Å². The number of Topliss-reactive ketones (excluding diaryl/α,β-unsaturated/α-hetero) is 1. The monoisotopic (exact) mass is 549 g/mol. The first kappa shape index (κ1) is 28.1. The van der Waals surface area contributed by atoms with E-state index in [0.29, 0.717) is 55.3 Å². The van der Waals surface area contributed by atoms with Gasteiger partial charge in [-0.2, -0.15) is 4.98 Å². The molecule has 2 aromatic carbocycles. The second-order valence-electron chi connectivity index (χ2n) is 9.15. The van der Waals surface area contributed by atoms with Crippen LogP contribution in [0.25, 0.3) is 11.4 Å². The zero-order chi connectivity index (χ0) is 27.7. The summed E-state index contributed by atoms with van der Waals surface area (Å²) in [4.78, 5) is 19.5. The minimum Gasteiger partial charge on any atom is -0.387 e. The van der Waals surface area contributed by atoms with E-state index in [9.17, 15) is 18.3 Å². The Hall–Kier alpha value is -3.93. The summed E-state index contributed by atoms with van der Waals surface area (Å²) in [6, 6.07) is 17.0. The lowest BCUT2D eigenvalue weighted by atomic mass is 10.1. The van der Waals surface area contributed by atoms with Crippen molar-refractivity contribution < 1.29 is 22.8 Å². The number of aliphatic hydroxyl groups is 1. The molecule has 0 amide bonds. The van der Waals surface area contributed by atoms with Crippen molar-refractivity contribution >= 4 is 21.5 Å². The van der Waals surface area contributed by atoms with Gasteiger partial charge in [0.05, 0.1) is 11.0 Å². The van der Waals surface area contributed by atoms with Crippen LogP contribution >= 0.6 is 0 Å². The first-order valence-electron chi connectivity index (χ1n) is 12.6. The summed E-state index contributed by atoms with van der Waals surface area (Å²) in [7, 11) is -3.79. The highest BCUT2D eigenvalue weighted by molar-refractivity contribution is 7.92. The van der Waals surface area contributed by atoms with Gasteiger partial charge in [-0.3, -0.25) is 9.71 Å². The van der Waals surface area contributed by atoms with Crippen LogP contribution in [-0.2, 0) is 27.7 Å². The molecule has 0 aliphatic rings. The number of carbonyl (C=O) groups excluding carboxylic acids is 1. The maximum absolute atomic E-state index is 12.9. The Labute approximate surface area is 227 Å². The summed E-state index contributed by atoms with van der Waals surface area (Å²) in [6.45, 7) is 2.62. The number of ketones is 1. The largest absolute Gasteiger partial charge is 0.387 e. The van der Waals surface area contributed by atoms with Crippen molar-refractivity contribution in [2.45, 2.75) is 43.6 Å². The molecule has 1 atom stereocenters. The average Bonchev–Trinajstić information content (AvgIpc) is 3.41. The third kappa shape index (κ3) is 8.28. The lowest BCUT2D eigenvalue weighted by Crippen LogP contribution is -2.23. The molecule has 0 unspecified atom stereocenters. The molecule has 0 radical (unpaired) electrons. The van der Waals surface area contributed by atoms with Crippen LogP contribution in [-0.4, -0.2) is 47.5 Å². The Balaban J connectivity index is 1.27. The highest BCUT2D eigenvalue weighted by Gasteiger charge is 2.16. The van der Waals surface area contributed by atoms with Crippen LogP contribution in [0.1, 0.15) is 42.9 Å². The fraction of sp³-hybridized carbons (Fsp3) is 0.286. The zero-order valence-corrected chi connectivity index (χ0v) is 22.4. The van der Waals surface area contributed by atoms with Crippen LogP contribution in [0.5, 0.6) is 0 Å². The Kier molecular flexibility index (Phi) is 9.53. The molecule has 11 heteroatoms. The number of benzene rings is 2. The van der Waals surface area contributed by atoms with Gasteiger partial charge in [-0.1, -0.05) is 23.4 Å². The van der Waals surface area contributed by atoms with Gasteiger partial charge in [0.1, 0.15) is 5.78 Å². The summed E-state index contributed by atoms with van der Waals surface area (Å²) in [5.74, 6) is 0.908. The van der Waals surface area contributed by atoms with Crippen molar-refractivity contribution in [3.8, 4) is 11.4 Å². The van der Waals surface area contributed by atoms with E-state index >= 15 is 0 Å². The fourth-order valence-electron chi connectivity index (χ4n) is 3.86. The van der Waals surface area contributed by atoms with Crippen molar-refractivity contribution in [3.05, 3.63) is 90.1 Å². The van der Waals surface area contributed by atoms with Crippen LogP contribution in [0.4, 0.5) is 5.69 Å². The molecule has 0 fully saturated rings. The van der Waals surface area contributed by atoms with E-state index < -0.39 is 16.1 Å². The van der Waals surface area contributed by atoms with Crippen LogP contribution in [0.2, 0.25) is 0 Å². The predicted molar refractivity (Wildman–Crippen MR) is 146 cm³/mol. The van der Waals surface area contributed by atoms with Crippen molar-refractivity contribution in [3.63, 3.8) is 0 Å². The summed E-state index contributed by atoms with van der Waals surface area (Å²) < 4.78 is 33.6. The molecule has 2 heterocycles. The van der Waals surface area contributed by atoms with Crippen molar-refractivity contribution in [2.75, 3.05) is 17.8 Å². The van der Waals surface area contributed by atoms with E-state index in [2.05, 4.69) is 25.2 Å². The highest BCUT2D eigenvalue weighted by atomic mass is 32.2. The molecule has 0 aliphatic carbocycles. The molecular formula is C28H31N5O5S. The molecule has 0 spiro atoms. The minimum atomic E-state index is -3.79. The number of hydrogen-bond donors (Lipinski definition) is 3. The number of nitrogens with one attached hydrogen (secondary N) is 2. The lowest BCUT2D eigenvalue weighted by molar-refractivity contribution is -0.117. The number of nitrogens with zero attached hydrogens (tertiary/aromatic N) is 3. The molecule has 10 nitrogen and oxygen atoms in total. The van der Waals surface area contributed by atoms with Gasteiger partial charge in [-0.15, -0.1) is 0 Å². The van der Waals surface area contributed by atoms with Crippen molar-refractivity contribution in [2.24, 2.45) is 0 Å². The maximum Gasteiger partial charge on any atom is 0.261 e. The molecule has 0 saturated carbocycles. The van der Waals surface area contributed by atoms with Gasteiger partial charge in [0.25, 0.3) is 10.0 Å². The van der Waals surface area contributed by atoms with E-state index in [1.54, 1.807) is 49.6 Å². The van der Waals surface area contributed by atoms with E-state index in [0.717, 1.165) is 17.5 Å². The number of hydrogen-bond acceptors (Lipinski definition) is 9. The Morgan fingerprint density at radius 2 is 1.82 bits per heavy atom. The number of aryl methyl sites for hydroxylation is 1. The van der Waals surface area contributed by atoms with Gasteiger partial charge in [-0.25, -0.2) is 8.42 Å². The third-order valence-corrected chi connectivity index (χ3v) is 7.41. The number of aromatic nitrogens is 3. The zero-order valence-electron chi connectivity index (χ0n) is 21.6. The van der Waals surface area contributed by atoms with Gasteiger partial charge in [0.2, 0.25) is 11.7 Å². The molecule has 39 heavy (non-hydrogen) atoms. The van der Waals surface area contributed by atoms with Crippen LogP contribution in [0, 0.1) is 0 Å².